The molecule has 0 bridgehead atoms. The lowest BCUT2D eigenvalue weighted by atomic mass is 10.00. The van der Waals surface area contributed by atoms with Crippen LogP contribution in [-0.4, -0.2) is 21.3 Å². The van der Waals surface area contributed by atoms with Crippen molar-refractivity contribution in [2.75, 3.05) is 0 Å². The van der Waals surface area contributed by atoms with E-state index in [9.17, 15) is 9.90 Å². The van der Waals surface area contributed by atoms with Gasteiger partial charge in [0, 0.05) is 11.1 Å². The lowest BCUT2D eigenvalue weighted by Crippen LogP contribution is -1.94. The Hall–Kier alpha value is -2.01. The van der Waals surface area contributed by atoms with Gasteiger partial charge in [-0.25, -0.2) is 4.79 Å². The number of hydrogen-bond acceptors (Lipinski definition) is 4. The number of aromatic carboxylic acids is 1. The number of halogens is 1. The maximum absolute atomic E-state index is 10.7. The van der Waals surface area contributed by atoms with Crippen LogP contribution in [0.5, 0.6) is 5.75 Å². The van der Waals surface area contributed by atoms with Gasteiger partial charge in [-0.1, -0.05) is 30.6 Å². The van der Waals surface area contributed by atoms with E-state index in [1.165, 1.54) is 6.07 Å². The zero-order valence-corrected chi connectivity index (χ0v) is 11.1. The topological polar surface area (TPSA) is 83.6 Å². The van der Waals surface area contributed by atoms with Gasteiger partial charge in [0.25, 0.3) is 0 Å². The zero-order valence-electron chi connectivity index (χ0n) is 10.3. The number of aromatic nitrogens is 1. The lowest BCUT2D eigenvalue weighted by Gasteiger charge is -2.10. The van der Waals surface area contributed by atoms with Crippen LogP contribution in [-0.2, 0) is 0 Å². The molecule has 6 heteroatoms. The molecule has 2 N–H and O–H groups in total. The smallest absolute Gasteiger partial charge is 0.358 e. The van der Waals surface area contributed by atoms with E-state index in [1.807, 2.05) is 13.8 Å². The number of phenolic OH excluding ortho intramolecular Hbond substituents is 1. The van der Waals surface area contributed by atoms with Crippen LogP contribution in [0.2, 0.25) is 5.02 Å². The lowest BCUT2D eigenvalue weighted by molar-refractivity contribution is 0.0686. The summed E-state index contributed by atoms with van der Waals surface area (Å²) in [5, 5.41) is 22.6. The maximum Gasteiger partial charge on any atom is 0.358 e. The highest BCUT2D eigenvalue weighted by molar-refractivity contribution is 6.31. The van der Waals surface area contributed by atoms with E-state index in [0.29, 0.717) is 10.6 Å². The van der Waals surface area contributed by atoms with E-state index < -0.39 is 5.97 Å². The molecule has 1 aromatic heterocycles. The Bertz CT molecular complexity index is 634. The van der Waals surface area contributed by atoms with Crippen molar-refractivity contribution in [2.45, 2.75) is 19.8 Å². The first kappa shape index (κ1) is 13.4. The van der Waals surface area contributed by atoms with Crippen molar-refractivity contribution in [3.05, 3.63) is 34.5 Å². The molecule has 5 nitrogen and oxygen atoms in total. The summed E-state index contributed by atoms with van der Waals surface area (Å²) >= 11 is 6.13. The van der Waals surface area contributed by atoms with Gasteiger partial charge in [0.05, 0.1) is 5.56 Å². The molecule has 19 heavy (non-hydrogen) atoms. The second-order valence-electron chi connectivity index (χ2n) is 4.43. The maximum atomic E-state index is 10.7. The van der Waals surface area contributed by atoms with Gasteiger partial charge in [0.2, 0.25) is 0 Å². The summed E-state index contributed by atoms with van der Waals surface area (Å²) in [6, 6.07) is 4.33. The summed E-state index contributed by atoms with van der Waals surface area (Å²) in [5.74, 6) is -0.899. The van der Waals surface area contributed by atoms with Crippen LogP contribution in [0.25, 0.3) is 11.3 Å². The van der Waals surface area contributed by atoms with Crippen molar-refractivity contribution in [1.82, 2.24) is 5.16 Å². The first-order valence-corrected chi connectivity index (χ1v) is 6.00. The van der Waals surface area contributed by atoms with E-state index in [4.69, 9.17) is 21.2 Å². The molecule has 2 aromatic rings. The molecule has 0 atom stereocenters. The number of hydrogen-bond donors (Lipinski definition) is 2. The normalized spacial score (nSPS) is 10.9. The van der Waals surface area contributed by atoms with Crippen LogP contribution in [0, 0.1) is 0 Å². The van der Waals surface area contributed by atoms with Gasteiger partial charge in [0.1, 0.15) is 5.75 Å². The highest BCUT2D eigenvalue weighted by atomic mass is 35.5. The molecule has 0 radical (unpaired) electrons. The first-order valence-electron chi connectivity index (χ1n) is 5.63. The van der Waals surface area contributed by atoms with Gasteiger partial charge in [-0.2, -0.15) is 0 Å². The van der Waals surface area contributed by atoms with Crippen LogP contribution < -0.4 is 0 Å². The van der Waals surface area contributed by atoms with E-state index in [0.717, 1.165) is 5.56 Å². The molecule has 0 fully saturated rings. The van der Waals surface area contributed by atoms with Gasteiger partial charge in [0.15, 0.2) is 11.5 Å². The molecule has 0 saturated heterocycles. The Morgan fingerprint density at radius 2 is 2.05 bits per heavy atom. The number of rotatable bonds is 3. The minimum Gasteiger partial charge on any atom is -0.507 e. The van der Waals surface area contributed by atoms with Crippen molar-refractivity contribution in [2.24, 2.45) is 0 Å². The average molecular weight is 282 g/mol. The predicted molar refractivity (Wildman–Crippen MR) is 69.7 cm³/mol. The largest absolute Gasteiger partial charge is 0.507 e. The Kier molecular flexibility index (Phi) is 3.48. The van der Waals surface area contributed by atoms with Crippen LogP contribution in [0.1, 0.15) is 35.8 Å². The summed E-state index contributed by atoms with van der Waals surface area (Å²) in [6.07, 6.45) is 0. The van der Waals surface area contributed by atoms with Crippen molar-refractivity contribution >= 4 is 17.6 Å². The third-order valence-electron chi connectivity index (χ3n) is 2.73. The molecule has 0 amide bonds. The molecular formula is C13H12ClNO4. The van der Waals surface area contributed by atoms with Gasteiger partial charge in [-0.15, -0.1) is 0 Å². The molecule has 0 aliphatic heterocycles. The van der Waals surface area contributed by atoms with Gasteiger partial charge in [-0.05, 0) is 23.6 Å². The van der Waals surface area contributed by atoms with Crippen molar-refractivity contribution in [1.29, 1.82) is 0 Å². The van der Waals surface area contributed by atoms with Crippen molar-refractivity contribution < 1.29 is 19.5 Å². The van der Waals surface area contributed by atoms with Crippen LogP contribution >= 0.6 is 11.6 Å². The molecule has 100 valence electrons. The second-order valence-corrected chi connectivity index (χ2v) is 4.83. The van der Waals surface area contributed by atoms with Gasteiger partial charge >= 0.3 is 5.97 Å². The second kappa shape index (κ2) is 4.93. The fraction of sp³-hybridized carbons (Fsp3) is 0.231. The minimum absolute atomic E-state index is 0.0267. The molecule has 1 heterocycles. The predicted octanol–water partition coefficient (Wildman–Crippen LogP) is 3.52. The number of carboxylic acid groups (broad SMARTS) is 1. The van der Waals surface area contributed by atoms with Gasteiger partial charge in [-0.3, -0.25) is 0 Å². The molecule has 2 rings (SSSR count). The Morgan fingerprint density at radius 1 is 1.37 bits per heavy atom. The van der Waals surface area contributed by atoms with E-state index in [1.54, 1.807) is 12.1 Å². The molecule has 0 spiro atoms. The Labute approximate surface area is 114 Å². The van der Waals surface area contributed by atoms with Crippen molar-refractivity contribution in [3.63, 3.8) is 0 Å². The van der Waals surface area contributed by atoms with Crippen LogP contribution in [0.3, 0.4) is 0 Å². The third-order valence-corrected chi connectivity index (χ3v) is 3.06. The summed E-state index contributed by atoms with van der Waals surface area (Å²) in [7, 11) is 0. The average Bonchev–Trinajstić information content (AvgIpc) is 2.80. The molecular weight excluding hydrogens is 270 g/mol. The minimum atomic E-state index is -1.20. The number of carbonyl (C=O) groups is 1. The Balaban J connectivity index is 2.50. The quantitative estimate of drug-likeness (QED) is 0.899. The fourth-order valence-electron chi connectivity index (χ4n) is 1.72. The van der Waals surface area contributed by atoms with Crippen LogP contribution in [0.4, 0.5) is 0 Å². The van der Waals surface area contributed by atoms with E-state index >= 15 is 0 Å². The number of benzene rings is 1. The molecule has 0 unspecified atom stereocenters. The van der Waals surface area contributed by atoms with E-state index in [2.05, 4.69) is 5.16 Å². The highest BCUT2D eigenvalue weighted by Crippen LogP contribution is 2.37. The number of carboxylic acids is 1. The number of aromatic hydroxyl groups is 1. The molecule has 0 aliphatic rings. The SMILES string of the molecule is CC(C)c1cc(O)c(-c2cc(C(=O)O)no2)cc1Cl. The Morgan fingerprint density at radius 3 is 2.58 bits per heavy atom. The monoisotopic (exact) mass is 281 g/mol. The van der Waals surface area contributed by atoms with Crippen molar-refractivity contribution in [3.8, 4) is 17.1 Å². The molecule has 0 saturated carbocycles. The third kappa shape index (κ3) is 2.56. The summed E-state index contributed by atoms with van der Waals surface area (Å²) in [5.41, 5.74) is 0.897. The first-order chi connectivity index (χ1) is 8.90. The van der Waals surface area contributed by atoms with Crippen LogP contribution in [0.15, 0.2) is 22.7 Å². The summed E-state index contributed by atoms with van der Waals surface area (Å²) < 4.78 is 4.90. The molecule has 1 aromatic carbocycles. The summed E-state index contributed by atoms with van der Waals surface area (Å²) in [4.78, 5) is 10.7. The van der Waals surface area contributed by atoms with Gasteiger partial charge < -0.3 is 14.7 Å². The number of phenols is 1. The standard InChI is InChI=1S/C13H12ClNO4/c1-6(2)7-4-11(16)8(3-9(7)14)12-5-10(13(17)18)15-19-12/h3-6,16H,1-2H3,(H,17,18). The summed E-state index contributed by atoms with van der Waals surface area (Å²) in [6.45, 7) is 3.91. The zero-order chi connectivity index (χ0) is 14.2. The fourth-order valence-corrected chi connectivity index (χ4v) is 2.10. The van der Waals surface area contributed by atoms with E-state index in [-0.39, 0.29) is 23.1 Å². The number of nitrogens with zero attached hydrogens (tertiary/aromatic N) is 1. The molecule has 0 aliphatic carbocycles. The highest BCUT2D eigenvalue weighted by Gasteiger charge is 2.17.